The predicted octanol–water partition coefficient (Wildman–Crippen LogP) is 2.24. The summed E-state index contributed by atoms with van der Waals surface area (Å²) in [4.78, 5) is 27.3. The van der Waals surface area contributed by atoms with E-state index in [1.165, 1.54) is 11.3 Å². The predicted molar refractivity (Wildman–Crippen MR) is 65.5 cm³/mol. The Hall–Kier alpha value is -1.06. The Morgan fingerprint density at radius 2 is 1.82 bits per heavy atom. The highest BCUT2D eigenvalue weighted by atomic mass is 16.2. The molecular formula is C13H22N2O2. The number of carbonyl (C=O) groups is 2. The van der Waals surface area contributed by atoms with Crippen molar-refractivity contribution < 1.29 is 9.59 Å². The largest absolute Gasteiger partial charge is 0.327 e. The fourth-order valence-corrected chi connectivity index (χ4v) is 2.85. The molecule has 0 atom stereocenters. The first kappa shape index (κ1) is 12.4. The van der Waals surface area contributed by atoms with Crippen molar-refractivity contribution in [3.05, 3.63) is 0 Å². The first-order valence-corrected chi connectivity index (χ1v) is 6.70. The van der Waals surface area contributed by atoms with E-state index in [2.05, 4.69) is 13.8 Å². The molecule has 17 heavy (non-hydrogen) atoms. The second-order valence-corrected chi connectivity index (χ2v) is 5.61. The maximum atomic E-state index is 12.2. The van der Waals surface area contributed by atoms with Crippen molar-refractivity contribution in [1.82, 2.24) is 9.80 Å². The van der Waals surface area contributed by atoms with Crippen LogP contribution in [0, 0.1) is 5.92 Å². The Labute approximate surface area is 103 Å². The molecule has 0 unspecified atom stereocenters. The summed E-state index contributed by atoms with van der Waals surface area (Å²) in [5.74, 6) is 0.417. The topological polar surface area (TPSA) is 40.6 Å². The number of amides is 3. The molecule has 1 saturated carbocycles. The van der Waals surface area contributed by atoms with E-state index in [1.807, 2.05) is 0 Å². The molecule has 0 spiro atoms. The Morgan fingerprint density at radius 3 is 2.41 bits per heavy atom. The molecule has 96 valence electrons. The van der Waals surface area contributed by atoms with Crippen LogP contribution in [0.15, 0.2) is 0 Å². The minimum atomic E-state index is -0.0596. The van der Waals surface area contributed by atoms with E-state index in [4.69, 9.17) is 0 Å². The van der Waals surface area contributed by atoms with E-state index in [0.717, 1.165) is 25.7 Å². The van der Waals surface area contributed by atoms with Crippen molar-refractivity contribution in [2.75, 3.05) is 13.1 Å². The summed E-state index contributed by atoms with van der Waals surface area (Å²) in [6, 6.07) is 0.108. The lowest BCUT2D eigenvalue weighted by Crippen LogP contribution is -2.42. The number of hydrogen-bond acceptors (Lipinski definition) is 2. The molecule has 0 radical (unpaired) electrons. The average Bonchev–Trinajstić information content (AvgIpc) is 2.54. The van der Waals surface area contributed by atoms with E-state index in [0.29, 0.717) is 12.5 Å². The highest BCUT2D eigenvalue weighted by molar-refractivity contribution is 6.02. The lowest BCUT2D eigenvalue weighted by atomic mass is 9.94. The monoisotopic (exact) mass is 238 g/mol. The molecule has 1 saturated heterocycles. The van der Waals surface area contributed by atoms with Crippen LogP contribution >= 0.6 is 0 Å². The van der Waals surface area contributed by atoms with Gasteiger partial charge in [0.2, 0.25) is 0 Å². The molecule has 0 N–H and O–H groups in total. The zero-order valence-corrected chi connectivity index (χ0v) is 10.8. The van der Waals surface area contributed by atoms with Crippen LogP contribution in [0.25, 0.3) is 0 Å². The van der Waals surface area contributed by atoms with Gasteiger partial charge in [-0.05, 0) is 18.8 Å². The summed E-state index contributed by atoms with van der Waals surface area (Å²) in [5, 5.41) is 0. The maximum Gasteiger partial charge on any atom is 0.327 e. The van der Waals surface area contributed by atoms with Gasteiger partial charge in [0, 0.05) is 12.6 Å². The highest BCUT2D eigenvalue weighted by Gasteiger charge is 2.40. The Morgan fingerprint density at radius 1 is 1.18 bits per heavy atom. The Kier molecular flexibility index (Phi) is 3.69. The highest BCUT2D eigenvalue weighted by Crippen LogP contribution is 2.26. The van der Waals surface area contributed by atoms with Gasteiger partial charge in [0.15, 0.2) is 0 Å². The van der Waals surface area contributed by atoms with Crippen LogP contribution < -0.4 is 0 Å². The molecule has 1 heterocycles. The van der Waals surface area contributed by atoms with E-state index < -0.39 is 0 Å². The van der Waals surface area contributed by atoms with Crippen LogP contribution in [0.2, 0.25) is 0 Å². The van der Waals surface area contributed by atoms with Gasteiger partial charge in [-0.15, -0.1) is 0 Å². The molecule has 2 rings (SSSR count). The minimum absolute atomic E-state index is 0.00236. The van der Waals surface area contributed by atoms with Crippen molar-refractivity contribution in [1.29, 1.82) is 0 Å². The smallest absolute Gasteiger partial charge is 0.315 e. The molecule has 0 aromatic heterocycles. The van der Waals surface area contributed by atoms with Crippen LogP contribution in [0.3, 0.4) is 0 Å². The summed E-state index contributed by atoms with van der Waals surface area (Å²) in [6.45, 7) is 5.11. The summed E-state index contributed by atoms with van der Waals surface area (Å²) in [6.07, 6.45) is 5.51. The molecule has 3 amide bonds. The average molecular weight is 238 g/mol. The summed E-state index contributed by atoms with van der Waals surface area (Å²) in [5.41, 5.74) is 0. The summed E-state index contributed by atoms with van der Waals surface area (Å²) >= 11 is 0. The standard InChI is InChI=1S/C13H22N2O2/c1-10(2)8-14-9-12(16)15(13(14)17)11-6-4-3-5-7-11/h10-11H,3-9H2,1-2H3. The van der Waals surface area contributed by atoms with Crippen LogP contribution in [0.1, 0.15) is 46.0 Å². The van der Waals surface area contributed by atoms with Crippen molar-refractivity contribution >= 4 is 11.9 Å². The van der Waals surface area contributed by atoms with Crippen LogP contribution in [0.5, 0.6) is 0 Å². The van der Waals surface area contributed by atoms with E-state index in [9.17, 15) is 9.59 Å². The molecule has 1 aliphatic carbocycles. The number of rotatable bonds is 3. The Bertz CT molecular complexity index is 309. The normalized spacial score (nSPS) is 23.0. The molecule has 0 bridgehead atoms. The van der Waals surface area contributed by atoms with Crippen molar-refractivity contribution in [3.8, 4) is 0 Å². The third-order valence-electron chi connectivity index (χ3n) is 3.60. The molecule has 1 aliphatic heterocycles. The summed E-state index contributed by atoms with van der Waals surface area (Å²) < 4.78 is 0. The second kappa shape index (κ2) is 5.07. The number of imide groups is 1. The van der Waals surface area contributed by atoms with E-state index >= 15 is 0 Å². The van der Waals surface area contributed by atoms with Crippen molar-refractivity contribution in [2.24, 2.45) is 5.92 Å². The van der Waals surface area contributed by atoms with Gasteiger partial charge in [-0.2, -0.15) is 0 Å². The molecule has 0 aromatic rings. The lowest BCUT2D eigenvalue weighted by Gasteiger charge is -2.29. The van der Waals surface area contributed by atoms with Crippen LogP contribution in [-0.2, 0) is 4.79 Å². The second-order valence-electron chi connectivity index (χ2n) is 5.61. The van der Waals surface area contributed by atoms with Gasteiger partial charge in [0.05, 0.1) is 0 Å². The van der Waals surface area contributed by atoms with Gasteiger partial charge in [-0.1, -0.05) is 33.1 Å². The molecule has 2 fully saturated rings. The molecular weight excluding hydrogens is 216 g/mol. The number of nitrogens with zero attached hydrogens (tertiary/aromatic N) is 2. The third-order valence-corrected chi connectivity index (χ3v) is 3.60. The minimum Gasteiger partial charge on any atom is -0.315 e. The fraction of sp³-hybridized carbons (Fsp3) is 0.846. The zero-order chi connectivity index (χ0) is 12.4. The van der Waals surface area contributed by atoms with Gasteiger partial charge in [0.25, 0.3) is 5.91 Å². The first-order valence-electron chi connectivity index (χ1n) is 6.70. The SMILES string of the molecule is CC(C)CN1CC(=O)N(C2CCCCC2)C1=O. The third kappa shape index (κ3) is 2.61. The van der Waals surface area contributed by atoms with Gasteiger partial charge in [-0.25, -0.2) is 4.79 Å². The fourth-order valence-electron chi connectivity index (χ4n) is 2.85. The molecule has 4 nitrogen and oxygen atoms in total. The first-order chi connectivity index (χ1) is 8.09. The van der Waals surface area contributed by atoms with Gasteiger partial charge >= 0.3 is 6.03 Å². The number of hydrogen-bond donors (Lipinski definition) is 0. The Balaban J connectivity index is 2.02. The van der Waals surface area contributed by atoms with Crippen molar-refractivity contribution in [3.63, 3.8) is 0 Å². The van der Waals surface area contributed by atoms with Crippen LogP contribution in [-0.4, -0.2) is 40.9 Å². The van der Waals surface area contributed by atoms with Crippen molar-refractivity contribution in [2.45, 2.75) is 52.0 Å². The number of urea groups is 1. The van der Waals surface area contributed by atoms with E-state index in [1.54, 1.807) is 4.90 Å². The maximum absolute atomic E-state index is 12.2. The van der Waals surface area contributed by atoms with Gasteiger partial charge in [-0.3, -0.25) is 9.69 Å². The quantitative estimate of drug-likeness (QED) is 0.707. The lowest BCUT2D eigenvalue weighted by molar-refractivity contribution is -0.127. The molecule has 0 aromatic carbocycles. The van der Waals surface area contributed by atoms with Crippen LogP contribution in [0.4, 0.5) is 4.79 Å². The zero-order valence-electron chi connectivity index (χ0n) is 10.8. The molecule has 2 aliphatic rings. The molecule has 4 heteroatoms. The van der Waals surface area contributed by atoms with Gasteiger partial charge in [0.1, 0.15) is 6.54 Å². The number of carbonyl (C=O) groups excluding carboxylic acids is 2. The summed E-state index contributed by atoms with van der Waals surface area (Å²) in [7, 11) is 0. The van der Waals surface area contributed by atoms with Gasteiger partial charge < -0.3 is 4.90 Å². The van der Waals surface area contributed by atoms with E-state index in [-0.39, 0.29) is 24.5 Å².